The third-order valence-corrected chi connectivity index (χ3v) is 4.85. The molecule has 1 unspecified atom stereocenters. The van der Waals surface area contributed by atoms with E-state index in [4.69, 9.17) is 18.6 Å². The Labute approximate surface area is 184 Å². The van der Waals surface area contributed by atoms with E-state index in [2.05, 4.69) is 10.3 Å². The van der Waals surface area contributed by atoms with Crippen LogP contribution in [0.1, 0.15) is 29.1 Å². The predicted molar refractivity (Wildman–Crippen MR) is 116 cm³/mol. The van der Waals surface area contributed by atoms with Crippen LogP contribution in [0, 0.1) is 0 Å². The number of alkyl carbamates (subject to hydrolysis) is 1. The SMILES string of the molecule is COc1ccc(CCC2OC(=O)NC2=O)cc1OCc1coc(/C=C/c2ccccc2)n1. The van der Waals surface area contributed by atoms with Gasteiger partial charge in [-0.2, -0.15) is 0 Å². The van der Waals surface area contributed by atoms with Crippen LogP contribution >= 0.6 is 0 Å². The summed E-state index contributed by atoms with van der Waals surface area (Å²) in [5.41, 5.74) is 2.61. The molecular formula is C24H22N2O6. The zero-order chi connectivity index (χ0) is 22.3. The van der Waals surface area contributed by atoms with Gasteiger partial charge < -0.3 is 18.6 Å². The van der Waals surface area contributed by atoms with Gasteiger partial charge in [-0.05, 0) is 42.2 Å². The Morgan fingerprint density at radius 1 is 1.09 bits per heavy atom. The molecule has 0 spiro atoms. The molecule has 2 aromatic carbocycles. The number of nitrogens with zero attached hydrogens (tertiary/aromatic N) is 1. The van der Waals surface area contributed by atoms with Gasteiger partial charge in [0.05, 0.1) is 7.11 Å². The molecule has 8 nitrogen and oxygen atoms in total. The number of hydrogen-bond donors (Lipinski definition) is 1. The summed E-state index contributed by atoms with van der Waals surface area (Å²) < 4.78 is 21.7. The quantitative estimate of drug-likeness (QED) is 0.543. The summed E-state index contributed by atoms with van der Waals surface area (Å²) in [6.07, 6.45) is 4.70. The van der Waals surface area contributed by atoms with Crippen LogP contribution in [0.5, 0.6) is 11.5 Å². The molecule has 1 atom stereocenters. The number of nitrogens with one attached hydrogen (secondary N) is 1. The van der Waals surface area contributed by atoms with E-state index in [0.717, 1.165) is 11.1 Å². The van der Waals surface area contributed by atoms with Gasteiger partial charge in [-0.3, -0.25) is 10.1 Å². The number of amides is 2. The van der Waals surface area contributed by atoms with E-state index < -0.39 is 18.1 Å². The molecule has 164 valence electrons. The van der Waals surface area contributed by atoms with Crippen molar-refractivity contribution in [3.05, 3.63) is 77.5 Å². The molecule has 2 amide bonds. The fourth-order valence-electron chi connectivity index (χ4n) is 3.22. The number of carbonyl (C=O) groups is 2. The maximum Gasteiger partial charge on any atom is 0.414 e. The maximum atomic E-state index is 11.6. The molecule has 1 aromatic heterocycles. The molecule has 3 aromatic rings. The van der Waals surface area contributed by atoms with Crippen molar-refractivity contribution in [2.75, 3.05) is 7.11 Å². The van der Waals surface area contributed by atoms with Gasteiger partial charge in [-0.15, -0.1) is 0 Å². The maximum absolute atomic E-state index is 11.6. The molecule has 0 bridgehead atoms. The Bertz CT molecular complexity index is 1120. The van der Waals surface area contributed by atoms with E-state index in [1.54, 1.807) is 25.5 Å². The van der Waals surface area contributed by atoms with Crippen LogP contribution in [0.2, 0.25) is 0 Å². The Morgan fingerprint density at radius 3 is 2.69 bits per heavy atom. The molecule has 32 heavy (non-hydrogen) atoms. The van der Waals surface area contributed by atoms with Gasteiger partial charge in [0.1, 0.15) is 18.6 Å². The van der Waals surface area contributed by atoms with Gasteiger partial charge >= 0.3 is 6.09 Å². The van der Waals surface area contributed by atoms with Crippen molar-refractivity contribution in [1.29, 1.82) is 0 Å². The fourth-order valence-corrected chi connectivity index (χ4v) is 3.22. The van der Waals surface area contributed by atoms with Gasteiger partial charge in [0.25, 0.3) is 5.91 Å². The lowest BCUT2D eigenvalue weighted by molar-refractivity contribution is -0.123. The van der Waals surface area contributed by atoms with Crippen molar-refractivity contribution in [1.82, 2.24) is 10.3 Å². The summed E-state index contributed by atoms with van der Waals surface area (Å²) in [6.45, 7) is 0.200. The lowest BCUT2D eigenvalue weighted by Gasteiger charge is -2.12. The molecule has 1 fully saturated rings. The van der Waals surface area contributed by atoms with Crippen LogP contribution in [0.15, 0.2) is 59.2 Å². The minimum atomic E-state index is -0.772. The summed E-state index contributed by atoms with van der Waals surface area (Å²) in [5, 5.41) is 2.13. The monoisotopic (exact) mass is 434 g/mol. The molecule has 1 N–H and O–H groups in total. The van der Waals surface area contributed by atoms with Gasteiger partial charge in [-0.1, -0.05) is 36.4 Å². The summed E-state index contributed by atoms with van der Waals surface area (Å²) >= 11 is 0. The van der Waals surface area contributed by atoms with Crippen molar-refractivity contribution in [3.8, 4) is 11.5 Å². The molecule has 8 heteroatoms. The number of benzene rings is 2. The van der Waals surface area contributed by atoms with Crippen molar-refractivity contribution < 1.29 is 28.2 Å². The van der Waals surface area contributed by atoms with Crippen LogP contribution in [0.3, 0.4) is 0 Å². The van der Waals surface area contributed by atoms with E-state index in [9.17, 15) is 9.59 Å². The van der Waals surface area contributed by atoms with Gasteiger partial charge in [0, 0.05) is 6.08 Å². The second-order valence-corrected chi connectivity index (χ2v) is 7.12. The van der Waals surface area contributed by atoms with E-state index in [1.165, 1.54) is 0 Å². The molecule has 0 aliphatic carbocycles. The number of methoxy groups -OCH3 is 1. The third kappa shape index (κ3) is 5.34. The summed E-state index contributed by atoms with van der Waals surface area (Å²) in [7, 11) is 1.56. The smallest absolute Gasteiger partial charge is 0.414 e. The highest BCUT2D eigenvalue weighted by Crippen LogP contribution is 2.29. The highest BCUT2D eigenvalue weighted by Gasteiger charge is 2.31. The van der Waals surface area contributed by atoms with E-state index in [0.29, 0.717) is 35.9 Å². The Morgan fingerprint density at radius 2 is 1.94 bits per heavy atom. The Hall–Kier alpha value is -4.07. The zero-order valence-corrected chi connectivity index (χ0v) is 17.4. The second kappa shape index (κ2) is 9.82. The van der Waals surface area contributed by atoms with Crippen molar-refractivity contribution >= 4 is 24.2 Å². The number of carbonyl (C=O) groups excluding carboxylic acids is 2. The first-order valence-electron chi connectivity index (χ1n) is 10.1. The van der Waals surface area contributed by atoms with E-state index >= 15 is 0 Å². The number of ether oxygens (including phenoxy) is 3. The molecule has 2 heterocycles. The lowest BCUT2D eigenvalue weighted by Crippen LogP contribution is -2.24. The first kappa shape index (κ1) is 21.2. The van der Waals surface area contributed by atoms with Crippen LogP contribution in [0.4, 0.5) is 4.79 Å². The van der Waals surface area contributed by atoms with E-state index in [1.807, 2.05) is 48.5 Å². The molecule has 0 saturated carbocycles. The molecule has 1 aliphatic heterocycles. The predicted octanol–water partition coefficient (Wildman–Crippen LogP) is 4.00. The molecule has 1 aliphatic rings. The molecule has 4 rings (SSSR count). The van der Waals surface area contributed by atoms with Crippen LogP contribution in [-0.2, 0) is 22.6 Å². The topological polar surface area (TPSA) is 99.9 Å². The first-order valence-corrected chi connectivity index (χ1v) is 10.1. The highest BCUT2D eigenvalue weighted by atomic mass is 16.6. The van der Waals surface area contributed by atoms with Crippen molar-refractivity contribution in [3.63, 3.8) is 0 Å². The zero-order valence-electron chi connectivity index (χ0n) is 17.4. The Kier molecular flexibility index (Phi) is 6.50. The number of aromatic nitrogens is 1. The molecular weight excluding hydrogens is 412 g/mol. The lowest BCUT2D eigenvalue weighted by atomic mass is 10.1. The summed E-state index contributed by atoms with van der Waals surface area (Å²) in [6, 6.07) is 15.4. The standard InChI is InChI=1S/C24H22N2O6/c1-29-19-10-7-17(8-11-20-23(27)26-24(28)32-20)13-21(19)30-14-18-15-31-22(25-18)12-9-16-5-3-2-4-6-16/h2-7,9-10,12-13,15,20H,8,11,14H2,1H3,(H,26,27,28)/b12-9+. The number of cyclic esters (lactones) is 1. The highest BCUT2D eigenvalue weighted by molar-refractivity contribution is 5.99. The fraction of sp³-hybridized carbons (Fsp3) is 0.208. The van der Waals surface area contributed by atoms with Crippen molar-refractivity contribution in [2.24, 2.45) is 0 Å². The second-order valence-electron chi connectivity index (χ2n) is 7.12. The number of aryl methyl sites for hydroxylation is 1. The number of rotatable bonds is 9. The Balaban J connectivity index is 1.36. The number of oxazole rings is 1. The number of imide groups is 1. The minimum Gasteiger partial charge on any atom is -0.493 e. The van der Waals surface area contributed by atoms with Gasteiger partial charge in [0.2, 0.25) is 5.89 Å². The largest absolute Gasteiger partial charge is 0.493 e. The average Bonchev–Trinajstić information content (AvgIpc) is 3.40. The number of hydrogen-bond acceptors (Lipinski definition) is 7. The van der Waals surface area contributed by atoms with Crippen LogP contribution in [-0.4, -0.2) is 30.2 Å². The van der Waals surface area contributed by atoms with Crippen LogP contribution < -0.4 is 14.8 Å². The minimum absolute atomic E-state index is 0.200. The summed E-state index contributed by atoms with van der Waals surface area (Å²) in [5.74, 6) is 1.19. The average molecular weight is 434 g/mol. The van der Waals surface area contributed by atoms with Crippen LogP contribution in [0.25, 0.3) is 12.2 Å². The summed E-state index contributed by atoms with van der Waals surface area (Å²) in [4.78, 5) is 27.2. The van der Waals surface area contributed by atoms with Gasteiger partial charge in [0.15, 0.2) is 17.6 Å². The molecule has 0 radical (unpaired) electrons. The molecule has 1 saturated heterocycles. The van der Waals surface area contributed by atoms with E-state index in [-0.39, 0.29) is 6.61 Å². The normalized spacial score (nSPS) is 15.6. The first-order chi connectivity index (χ1) is 15.6. The van der Waals surface area contributed by atoms with Crippen molar-refractivity contribution in [2.45, 2.75) is 25.6 Å². The van der Waals surface area contributed by atoms with Gasteiger partial charge in [-0.25, -0.2) is 9.78 Å². The third-order valence-electron chi connectivity index (χ3n) is 4.85.